The third kappa shape index (κ3) is 4.40. The molecule has 164 valence electrons. The molecule has 0 saturated heterocycles. The maximum absolute atomic E-state index is 13.3. The van der Waals surface area contributed by atoms with Gasteiger partial charge in [0, 0.05) is 6.20 Å². The Labute approximate surface area is 190 Å². The molecule has 4 aromatic rings. The standard InChI is InChI=1S/C25H19N3O4S/c1-17-9-11-20(12-10-17)33(30,31)21(16-26)15-22-24(32-19-7-5-6-18(2)14-19)27-23-8-3-4-13-28(23)25(22)29/h3-15H,1-2H3. The Balaban J connectivity index is 1.93. The summed E-state index contributed by atoms with van der Waals surface area (Å²) in [5, 5.41) is 9.69. The number of hydrogen-bond donors (Lipinski definition) is 0. The normalized spacial score (nSPS) is 11.8. The van der Waals surface area contributed by atoms with Gasteiger partial charge in [0.15, 0.2) is 0 Å². The summed E-state index contributed by atoms with van der Waals surface area (Å²) >= 11 is 0. The number of hydrogen-bond acceptors (Lipinski definition) is 6. The van der Waals surface area contributed by atoms with Crippen LogP contribution in [0.3, 0.4) is 0 Å². The minimum Gasteiger partial charge on any atom is -0.438 e. The third-order valence-electron chi connectivity index (χ3n) is 4.94. The minimum atomic E-state index is -4.16. The molecule has 0 amide bonds. The number of ether oxygens (including phenoxy) is 1. The van der Waals surface area contributed by atoms with Gasteiger partial charge >= 0.3 is 0 Å². The molecular formula is C25H19N3O4S. The molecule has 2 aromatic carbocycles. The topological polar surface area (TPSA) is 102 Å². The van der Waals surface area contributed by atoms with Crippen LogP contribution in [-0.2, 0) is 9.84 Å². The van der Waals surface area contributed by atoms with Crippen LogP contribution >= 0.6 is 0 Å². The fourth-order valence-electron chi connectivity index (χ4n) is 3.22. The lowest BCUT2D eigenvalue weighted by molar-refractivity contribution is 0.460. The maximum atomic E-state index is 13.3. The highest BCUT2D eigenvalue weighted by Gasteiger charge is 2.23. The van der Waals surface area contributed by atoms with Crippen LogP contribution in [0, 0.1) is 25.2 Å². The lowest BCUT2D eigenvalue weighted by Gasteiger charge is -2.11. The summed E-state index contributed by atoms with van der Waals surface area (Å²) in [5.41, 5.74) is 1.42. The lowest BCUT2D eigenvalue weighted by atomic mass is 10.2. The van der Waals surface area contributed by atoms with E-state index in [0.717, 1.165) is 17.2 Å². The number of fused-ring (bicyclic) bond motifs is 1. The van der Waals surface area contributed by atoms with Gasteiger partial charge in [-0.05, 0) is 61.9 Å². The van der Waals surface area contributed by atoms with E-state index in [1.807, 2.05) is 19.9 Å². The molecule has 2 aromatic heterocycles. The van der Waals surface area contributed by atoms with E-state index in [4.69, 9.17) is 4.74 Å². The zero-order chi connectivity index (χ0) is 23.6. The average Bonchev–Trinajstić information content (AvgIpc) is 2.79. The van der Waals surface area contributed by atoms with Crippen molar-refractivity contribution in [3.05, 3.63) is 105 Å². The predicted molar refractivity (Wildman–Crippen MR) is 125 cm³/mol. The van der Waals surface area contributed by atoms with Crippen LogP contribution in [0.1, 0.15) is 16.7 Å². The van der Waals surface area contributed by atoms with Crippen molar-refractivity contribution < 1.29 is 13.2 Å². The monoisotopic (exact) mass is 457 g/mol. The second-order valence-corrected chi connectivity index (χ2v) is 9.34. The minimum absolute atomic E-state index is 0.0455. The molecule has 2 heterocycles. The summed E-state index contributed by atoms with van der Waals surface area (Å²) in [7, 11) is -4.16. The molecule has 0 aliphatic rings. The fraction of sp³-hybridized carbons (Fsp3) is 0.0800. The zero-order valence-corrected chi connectivity index (χ0v) is 18.7. The van der Waals surface area contributed by atoms with E-state index in [0.29, 0.717) is 11.4 Å². The van der Waals surface area contributed by atoms with Gasteiger partial charge in [-0.1, -0.05) is 35.9 Å². The Morgan fingerprint density at radius 3 is 2.48 bits per heavy atom. The Bertz CT molecular complexity index is 1600. The van der Waals surface area contributed by atoms with Crippen LogP contribution in [0.4, 0.5) is 0 Å². The average molecular weight is 458 g/mol. The van der Waals surface area contributed by atoms with E-state index in [-0.39, 0.29) is 16.3 Å². The van der Waals surface area contributed by atoms with Gasteiger partial charge in [0.05, 0.1) is 4.90 Å². The molecule has 0 fully saturated rings. The summed E-state index contributed by atoms with van der Waals surface area (Å²) in [4.78, 5) is 17.0. The molecule has 0 aliphatic heterocycles. The highest BCUT2D eigenvalue weighted by molar-refractivity contribution is 7.95. The molecule has 0 spiro atoms. The van der Waals surface area contributed by atoms with Crippen LogP contribution in [0.15, 0.2) is 87.5 Å². The second-order valence-electron chi connectivity index (χ2n) is 7.42. The van der Waals surface area contributed by atoms with Crippen molar-refractivity contribution in [2.75, 3.05) is 0 Å². The summed E-state index contributed by atoms with van der Waals surface area (Å²) < 4.78 is 33.4. The molecule has 0 radical (unpaired) electrons. The summed E-state index contributed by atoms with van der Waals surface area (Å²) in [6.07, 6.45) is 2.54. The Hall–Kier alpha value is -4.22. The van der Waals surface area contributed by atoms with E-state index in [1.54, 1.807) is 54.6 Å². The first kappa shape index (κ1) is 22.0. The van der Waals surface area contributed by atoms with Crippen molar-refractivity contribution in [1.82, 2.24) is 9.38 Å². The van der Waals surface area contributed by atoms with E-state index >= 15 is 0 Å². The fourth-order valence-corrected chi connectivity index (χ4v) is 4.36. The number of nitrogens with zero attached hydrogens (tertiary/aromatic N) is 3. The van der Waals surface area contributed by atoms with Gasteiger partial charge < -0.3 is 4.74 Å². The van der Waals surface area contributed by atoms with E-state index in [2.05, 4.69) is 4.98 Å². The quantitative estimate of drug-likeness (QED) is 0.411. The SMILES string of the molecule is Cc1ccc(S(=O)(=O)C(C#N)=Cc2c(Oc3cccc(C)c3)nc3ccccn3c2=O)cc1. The van der Waals surface area contributed by atoms with Crippen LogP contribution in [-0.4, -0.2) is 17.8 Å². The number of allylic oxidation sites excluding steroid dienone is 1. The first-order valence-corrected chi connectivity index (χ1v) is 11.5. The number of nitriles is 1. The van der Waals surface area contributed by atoms with Crippen molar-refractivity contribution in [3.63, 3.8) is 0 Å². The molecule has 0 atom stereocenters. The maximum Gasteiger partial charge on any atom is 0.269 e. The summed E-state index contributed by atoms with van der Waals surface area (Å²) in [6.45, 7) is 3.71. The highest BCUT2D eigenvalue weighted by atomic mass is 32.2. The van der Waals surface area contributed by atoms with Gasteiger partial charge in [0.2, 0.25) is 15.7 Å². The van der Waals surface area contributed by atoms with Gasteiger partial charge in [0.25, 0.3) is 5.56 Å². The van der Waals surface area contributed by atoms with E-state index < -0.39 is 20.3 Å². The first-order valence-electron chi connectivity index (χ1n) is 9.99. The van der Waals surface area contributed by atoms with Crippen molar-refractivity contribution in [1.29, 1.82) is 5.26 Å². The molecule has 7 nitrogen and oxygen atoms in total. The number of benzene rings is 2. The number of rotatable bonds is 5. The first-order chi connectivity index (χ1) is 15.8. The Morgan fingerprint density at radius 2 is 1.79 bits per heavy atom. The van der Waals surface area contributed by atoms with Gasteiger partial charge in [0.1, 0.15) is 27.9 Å². The summed E-state index contributed by atoms with van der Waals surface area (Å²) in [6, 6.07) is 20.0. The molecule has 0 N–H and O–H groups in total. The number of aryl methyl sites for hydroxylation is 2. The van der Waals surface area contributed by atoms with Crippen molar-refractivity contribution in [3.8, 4) is 17.7 Å². The molecular weight excluding hydrogens is 438 g/mol. The molecule has 8 heteroatoms. The Kier molecular flexibility index (Phi) is 5.82. The third-order valence-corrected chi connectivity index (χ3v) is 6.63. The van der Waals surface area contributed by atoms with Crippen LogP contribution < -0.4 is 10.3 Å². The van der Waals surface area contributed by atoms with Crippen LogP contribution in [0.5, 0.6) is 11.6 Å². The van der Waals surface area contributed by atoms with E-state index in [1.165, 1.54) is 22.7 Å². The van der Waals surface area contributed by atoms with Gasteiger partial charge in [-0.15, -0.1) is 0 Å². The van der Waals surface area contributed by atoms with E-state index in [9.17, 15) is 18.5 Å². The highest BCUT2D eigenvalue weighted by Crippen LogP contribution is 2.27. The molecule has 0 bridgehead atoms. The zero-order valence-electron chi connectivity index (χ0n) is 17.9. The molecule has 0 unspecified atom stereocenters. The predicted octanol–water partition coefficient (Wildman–Crippen LogP) is 4.44. The molecule has 4 rings (SSSR count). The molecule has 0 saturated carbocycles. The number of aromatic nitrogens is 2. The van der Waals surface area contributed by atoms with Crippen molar-refractivity contribution in [2.24, 2.45) is 0 Å². The number of pyridine rings is 1. The van der Waals surface area contributed by atoms with Crippen LogP contribution in [0.25, 0.3) is 11.7 Å². The van der Waals surface area contributed by atoms with Crippen molar-refractivity contribution in [2.45, 2.75) is 18.7 Å². The van der Waals surface area contributed by atoms with Crippen LogP contribution in [0.2, 0.25) is 0 Å². The largest absolute Gasteiger partial charge is 0.438 e. The number of sulfone groups is 1. The summed E-state index contributed by atoms with van der Waals surface area (Å²) in [5.74, 6) is 0.334. The van der Waals surface area contributed by atoms with Gasteiger partial charge in [-0.25, -0.2) is 8.42 Å². The van der Waals surface area contributed by atoms with Gasteiger partial charge in [-0.3, -0.25) is 9.20 Å². The Morgan fingerprint density at radius 1 is 1.03 bits per heavy atom. The second kappa shape index (κ2) is 8.73. The molecule has 33 heavy (non-hydrogen) atoms. The van der Waals surface area contributed by atoms with Gasteiger partial charge in [-0.2, -0.15) is 10.2 Å². The lowest BCUT2D eigenvalue weighted by Crippen LogP contribution is -2.19. The molecule has 0 aliphatic carbocycles. The van der Waals surface area contributed by atoms with Crippen molar-refractivity contribution >= 4 is 21.6 Å². The smallest absolute Gasteiger partial charge is 0.269 e.